The topological polar surface area (TPSA) is 24.9 Å². The van der Waals surface area contributed by atoms with Gasteiger partial charge in [-0.05, 0) is 51.8 Å². The Hall–Kier alpha value is -1.04. The van der Waals surface area contributed by atoms with E-state index in [-0.39, 0.29) is 18.3 Å². The molecule has 0 amide bonds. The van der Waals surface area contributed by atoms with E-state index < -0.39 is 0 Å². The van der Waals surface area contributed by atoms with Crippen LogP contribution in [0.15, 0.2) is 24.3 Å². The van der Waals surface area contributed by atoms with Gasteiger partial charge in [-0.25, -0.2) is 0 Å². The number of hydrogen-bond acceptors (Lipinski definition) is 4. The second-order valence-electron chi connectivity index (χ2n) is 7.60. The number of likely N-dealkylation sites (N-methyl/N-ethyl adjacent to an activating group) is 1. The molecule has 0 atom stereocenters. The second kappa shape index (κ2) is 6.12. The van der Waals surface area contributed by atoms with Gasteiger partial charge in [-0.2, -0.15) is 0 Å². The summed E-state index contributed by atoms with van der Waals surface area (Å²) in [6.07, 6.45) is 0. The van der Waals surface area contributed by atoms with E-state index in [2.05, 4.69) is 68.7 Å². The molecule has 0 N–H and O–H groups in total. The Morgan fingerprint density at radius 3 is 2.17 bits per heavy atom. The first-order valence-electron chi connectivity index (χ1n) is 8.75. The van der Waals surface area contributed by atoms with Gasteiger partial charge in [-0.3, -0.25) is 0 Å². The van der Waals surface area contributed by atoms with Gasteiger partial charge in [-0.1, -0.05) is 19.1 Å². The van der Waals surface area contributed by atoms with E-state index in [9.17, 15) is 0 Å². The summed E-state index contributed by atoms with van der Waals surface area (Å²) in [7, 11) is -0.281. The highest BCUT2D eigenvalue weighted by molar-refractivity contribution is 6.62. The quantitative estimate of drug-likeness (QED) is 0.798. The third-order valence-electron chi connectivity index (χ3n) is 5.58. The summed E-state index contributed by atoms with van der Waals surface area (Å²) < 4.78 is 12.4. The lowest BCUT2D eigenvalue weighted by Crippen LogP contribution is -2.46. The van der Waals surface area contributed by atoms with Crippen LogP contribution in [0, 0.1) is 0 Å². The van der Waals surface area contributed by atoms with Crippen LogP contribution in [-0.4, -0.2) is 55.9 Å². The number of nitrogens with zero attached hydrogens (tertiary/aromatic N) is 2. The molecule has 2 aliphatic heterocycles. The van der Waals surface area contributed by atoms with E-state index in [0.717, 1.165) is 38.2 Å². The maximum absolute atomic E-state index is 6.18. The molecule has 0 spiro atoms. The predicted molar refractivity (Wildman–Crippen MR) is 96.5 cm³/mol. The molecule has 2 saturated heterocycles. The lowest BCUT2D eigenvalue weighted by atomic mass is 9.79. The number of benzene rings is 1. The van der Waals surface area contributed by atoms with Gasteiger partial charge in [0.05, 0.1) is 11.2 Å². The fourth-order valence-corrected chi connectivity index (χ4v) is 3.17. The van der Waals surface area contributed by atoms with Gasteiger partial charge in [0.2, 0.25) is 0 Å². The summed E-state index contributed by atoms with van der Waals surface area (Å²) in [5, 5.41) is 0. The molecule has 0 saturated carbocycles. The van der Waals surface area contributed by atoms with Gasteiger partial charge in [0.1, 0.15) is 0 Å². The second-order valence-corrected chi connectivity index (χ2v) is 7.60. The molecule has 3 rings (SSSR count). The third kappa shape index (κ3) is 3.28. The summed E-state index contributed by atoms with van der Waals surface area (Å²) in [4.78, 5) is 4.95. The fourth-order valence-electron chi connectivity index (χ4n) is 3.17. The number of hydrogen-bond donors (Lipinski definition) is 0. The van der Waals surface area contributed by atoms with Gasteiger partial charge in [0.25, 0.3) is 0 Å². The number of piperazine rings is 1. The SMILES string of the molecule is CCN1CCN(c2cccc(B3OC(C)(C)C(C)(C)O3)c2)CC1. The molecule has 5 heteroatoms. The van der Waals surface area contributed by atoms with Crippen molar-refractivity contribution >= 4 is 18.3 Å². The lowest BCUT2D eigenvalue weighted by molar-refractivity contribution is 0.00578. The van der Waals surface area contributed by atoms with E-state index in [1.165, 1.54) is 5.69 Å². The molecule has 2 heterocycles. The van der Waals surface area contributed by atoms with Crippen LogP contribution in [-0.2, 0) is 9.31 Å². The van der Waals surface area contributed by atoms with Crippen LogP contribution in [0.3, 0.4) is 0 Å². The normalized spacial score (nSPS) is 24.2. The zero-order chi connectivity index (χ0) is 16.7. The summed E-state index contributed by atoms with van der Waals surface area (Å²) in [6.45, 7) is 16.2. The van der Waals surface area contributed by atoms with Gasteiger partial charge >= 0.3 is 7.12 Å². The molecular weight excluding hydrogens is 287 g/mol. The molecule has 2 fully saturated rings. The Bertz CT molecular complexity index is 538. The van der Waals surface area contributed by atoms with Crippen LogP contribution < -0.4 is 10.4 Å². The van der Waals surface area contributed by atoms with E-state index in [1.54, 1.807) is 0 Å². The minimum absolute atomic E-state index is 0.281. The van der Waals surface area contributed by atoms with E-state index >= 15 is 0 Å². The standard InChI is InChI=1S/C18H29BN2O2/c1-6-20-10-12-21(13-11-20)16-9-7-8-15(14-16)19-22-17(2,3)18(4,5)23-19/h7-9,14H,6,10-13H2,1-5H3. The highest BCUT2D eigenvalue weighted by Gasteiger charge is 2.51. The molecule has 1 aromatic rings. The van der Waals surface area contributed by atoms with Crippen LogP contribution in [0.4, 0.5) is 5.69 Å². The van der Waals surface area contributed by atoms with E-state index in [0.29, 0.717) is 0 Å². The summed E-state index contributed by atoms with van der Waals surface area (Å²) in [5.41, 5.74) is 1.80. The Kier molecular flexibility index (Phi) is 4.47. The van der Waals surface area contributed by atoms with Crippen molar-refractivity contribution in [2.24, 2.45) is 0 Å². The molecule has 126 valence electrons. The minimum atomic E-state index is -0.291. The molecule has 0 aromatic heterocycles. The predicted octanol–water partition coefficient (Wildman–Crippen LogP) is 2.13. The first kappa shape index (κ1) is 16.8. The lowest BCUT2D eigenvalue weighted by Gasteiger charge is -2.35. The van der Waals surface area contributed by atoms with Gasteiger partial charge < -0.3 is 19.1 Å². The fraction of sp³-hybridized carbons (Fsp3) is 0.667. The Morgan fingerprint density at radius 2 is 1.61 bits per heavy atom. The average Bonchev–Trinajstić information content (AvgIpc) is 2.76. The molecule has 23 heavy (non-hydrogen) atoms. The molecule has 0 bridgehead atoms. The minimum Gasteiger partial charge on any atom is -0.399 e. The van der Waals surface area contributed by atoms with Crippen molar-refractivity contribution < 1.29 is 9.31 Å². The van der Waals surface area contributed by atoms with Crippen LogP contribution in [0.2, 0.25) is 0 Å². The highest BCUT2D eigenvalue weighted by Crippen LogP contribution is 2.36. The Morgan fingerprint density at radius 1 is 1.00 bits per heavy atom. The van der Waals surface area contributed by atoms with Crippen molar-refractivity contribution in [3.63, 3.8) is 0 Å². The highest BCUT2D eigenvalue weighted by atomic mass is 16.7. The van der Waals surface area contributed by atoms with Crippen LogP contribution in [0.25, 0.3) is 0 Å². The smallest absolute Gasteiger partial charge is 0.399 e. The van der Waals surface area contributed by atoms with E-state index in [4.69, 9.17) is 9.31 Å². The van der Waals surface area contributed by atoms with Crippen molar-refractivity contribution in [3.05, 3.63) is 24.3 Å². The first-order chi connectivity index (χ1) is 10.8. The molecular formula is C18H29BN2O2. The Labute approximate surface area is 140 Å². The number of rotatable bonds is 3. The van der Waals surface area contributed by atoms with E-state index in [1.807, 2.05) is 0 Å². The summed E-state index contributed by atoms with van der Waals surface area (Å²) >= 11 is 0. The monoisotopic (exact) mass is 316 g/mol. The van der Waals surface area contributed by atoms with Crippen molar-refractivity contribution in [1.82, 2.24) is 4.90 Å². The first-order valence-corrected chi connectivity index (χ1v) is 8.75. The molecule has 0 aliphatic carbocycles. The summed E-state index contributed by atoms with van der Waals surface area (Å²) in [5.74, 6) is 0. The maximum Gasteiger partial charge on any atom is 0.494 e. The van der Waals surface area contributed by atoms with Crippen molar-refractivity contribution in [2.45, 2.75) is 45.8 Å². The zero-order valence-electron chi connectivity index (χ0n) is 15.1. The molecule has 0 radical (unpaired) electrons. The van der Waals surface area contributed by atoms with Crippen molar-refractivity contribution in [1.29, 1.82) is 0 Å². The molecule has 1 aromatic carbocycles. The van der Waals surface area contributed by atoms with Crippen molar-refractivity contribution in [3.8, 4) is 0 Å². The van der Waals surface area contributed by atoms with Gasteiger partial charge in [0.15, 0.2) is 0 Å². The van der Waals surface area contributed by atoms with Crippen LogP contribution in [0.5, 0.6) is 0 Å². The Balaban J connectivity index is 1.74. The molecule has 4 nitrogen and oxygen atoms in total. The van der Waals surface area contributed by atoms with Crippen LogP contribution >= 0.6 is 0 Å². The van der Waals surface area contributed by atoms with Gasteiger partial charge in [0, 0.05) is 31.9 Å². The zero-order valence-corrected chi connectivity index (χ0v) is 15.1. The van der Waals surface area contributed by atoms with Gasteiger partial charge in [-0.15, -0.1) is 0 Å². The van der Waals surface area contributed by atoms with Crippen LogP contribution in [0.1, 0.15) is 34.6 Å². The maximum atomic E-state index is 6.18. The molecule has 2 aliphatic rings. The third-order valence-corrected chi connectivity index (χ3v) is 5.58. The molecule has 0 unspecified atom stereocenters. The summed E-state index contributed by atoms with van der Waals surface area (Å²) in [6, 6.07) is 8.63. The average molecular weight is 316 g/mol. The number of anilines is 1. The van der Waals surface area contributed by atoms with Crippen molar-refractivity contribution in [2.75, 3.05) is 37.6 Å². The largest absolute Gasteiger partial charge is 0.494 e.